The largest absolute Gasteiger partial charge is 0.478 e. The minimum atomic E-state index is -0.959. The molecule has 0 atom stereocenters. The molecule has 5 heteroatoms. The van der Waals surface area contributed by atoms with Crippen molar-refractivity contribution >= 4 is 28.2 Å². The Hall–Kier alpha value is -2.14. The van der Waals surface area contributed by atoms with Crippen LogP contribution in [0.3, 0.4) is 0 Å². The quantitative estimate of drug-likeness (QED) is 0.903. The molecule has 0 saturated heterocycles. The third kappa shape index (κ3) is 2.64. The number of nitrogens with one attached hydrogen (secondary N) is 1. The molecular formula is C17H17NO3S. The van der Waals surface area contributed by atoms with Crippen molar-refractivity contribution < 1.29 is 14.7 Å². The number of hydrogen-bond donors (Lipinski definition) is 2. The van der Waals surface area contributed by atoms with Crippen molar-refractivity contribution in [1.29, 1.82) is 0 Å². The summed E-state index contributed by atoms with van der Waals surface area (Å²) < 4.78 is 0. The zero-order chi connectivity index (χ0) is 15.7. The Labute approximate surface area is 132 Å². The maximum Gasteiger partial charge on any atom is 0.339 e. The van der Waals surface area contributed by atoms with Crippen molar-refractivity contribution in [2.75, 3.05) is 5.32 Å². The molecule has 22 heavy (non-hydrogen) atoms. The van der Waals surface area contributed by atoms with Gasteiger partial charge in [-0.2, -0.15) is 0 Å². The summed E-state index contributed by atoms with van der Waals surface area (Å²) in [5.41, 5.74) is 2.63. The van der Waals surface area contributed by atoms with Crippen LogP contribution in [0, 0.1) is 6.92 Å². The third-order valence-electron chi connectivity index (χ3n) is 4.00. The lowest BCUT2D eigenvalue weighted by atomic mass is 9.95. The number of carbonyl (C=O) groups is 2. The van der Waals surface area contributed by atoms with Gasteiger partial charge in [-0.1, -0.05) is 18.2 Å². The van der Waals surface area contributed by atoms with E-state index in [0.29, 0.717) is 10.6 Å². The molecule has 114 valence electrons. The molecular weight excluding hydrogens is 298 g/mol. The highest BCUT2D eigenvalue weighted by Crippen LogP contribution is 2.38. The molecule has 2 aromatic rings. The van der Waals surface area contributed by atoms with E-state index < -0.39 is 5.97 Å². The Morgan fingerprint density at radius 3 is 2.64 bits per heavy atom. The average Bonchev–Trinajstić information content (AvgIpc) is 2.85. The lowest BCUT2D eigenvalue weighted by Gasteiger charge is -2.10. The van der Waals surface area contributed by atoms with Gasteiger partial charge in [0.25, 0.3) is 5.91 Å². The van der Waals surface area contributed by atoms with Crippen LogP contribution in [0.15, 0.2) is 24.3 Å². The van der Waals surface area contributed by atoms with Crippen LogP contribution < -0.4 is 5.32 Å². The summed E-state index contributed by atoms with van der Waals surface area (Å²) in [6.07, 6.45) is 3.78. The summed E-state index contributed by atoms with van der Waals surface area (Å²) in [4.78, 5) is 25.1. The van der Waals surface area contributed by atoms with Crippen molar-refractivity contribution in [2.45, 2.75) is 32.6 Å². The van der Waals surface area contributed by atoms with Crippen LogP contribution in [0.1, 0.15) is 49.6 Å². The molecule has 4 nitrogen and oxygen atoms in total. The van der Waals surface area contributed by atoms with E-state index >= 15 is 0 Å². The van der Waals surface area contributed by atoms with E-state index in [1.807, 2.05) is 19.1 Å². The number of carboxylic acids is 1. The summed E-state index contributed by atoms with van der Waals surface area (Å²) in [5, 5.41) is 12.8. The first-order valence-corrected chi connectivity index (χ1v) is 8.14. The van der Waals surface area contributed by atoms with Gasteiger partial charge in [0.05, 0.1) is 5.56 Å². The Morgan fingerprint density at radius 1 is 1.18 bits per heavy atom. The number of carbonyl (C=O) groups excluding carboxylic acids is 1. The molecule has 0 saturated carbocycles. The predicted octanol–water partition coefficient (Wildman–Crippen LogP) is 3.89. The number of rotatable bonds is 3. The lowest BCUT2D eigenvalue weighted by Crippen LogP contribution is -2.15. The standard InChI is InChI=1S/C17H17NO3S/c1-10-6-2-3-7-11(10)15(19)18-16-14(17(20)21)12-8-4-5-9-13(12)22-16/h2-3,6-7H,4-5,8-9H2,1H3,(H,18,19)(H,20,21). The highest BCUT2D eigenvalue weighted by atomic mass is 32.1. The van der Waals surface area contributed by atoms with Crippen LogP contribution >= 0.6 is 11.3 Å². The minimum absolute atomic E-state index is 0.251. The van der Waals surface area contributed by atoms with Crippen molar-refractivity contribution in [3.63, 3.8) is 0 Å². The molecule has 0 radical (unpaired) electrons. The molecule has 1 aromatic carbocycles. The van der Waals surface area contributed by atoms with Gasteiger partial charge in [-0.05, 0) is 49.8 Å². The number of hydrogen-bond acceptors (Lipinski definition) is 3. The fourth-order valence-electron chi connectivity index (χ4n) is 2.88. The average molecular weight is 315 g/mol. The zero-order valence-corrected chi connectivity index (χ0v) is 13.1. The number of aromatic carboxylic acids is 1. The number of carboxylic acid groups (broad SMARTS) is 1. The SMILES string of the molecule is Cc1ccccc1C(=O)Nc1sc2c(c1C(=O)O)CCCC2. The third-order valence-corrected chi connectivity index (χ3v) is 5.21. The molecule has 0 fully saturated rings. The Bertz CT molecular complexity index is 748. The second-order valence-electron chi connectivity index (χ2n) is 5.49. The van der Waals surface area contributed by atoms with Gasteiger partial charge < -0.3 is 10.4 Å². The van der Waals surface area contributed by atoms with Crippen molar-refractivity contribution in [3.05, 3.63) is 51.4 Å². The molecule has 0 unspecified atom stereocenters. The van der Waals surface area contributed by atoms with Crippen LogP contribution in [0.5, 0.6) is 0 Å². The number of benzene rings is 1. The number of thiophene rings is 1. The van der Waals surface area contributed by atoms with E-state index in [2.05, 4.69) is 5.32 Å². The van der Waals surface area contributed by atoms with Crippen LogP contribution in [-0.4, -0.2) is 17.0 Å². The first-order valence-electron chi connectivity index (χ1n) is 7.32. The summed E-state index contributed by atoms with van der Waals surface area (Å²) in [6, 6.07) is 7.29. The molecule has 0 aliphatic heterocycles. The fourth-order valence-corrected chi connectivity index (χ4v) is 4.15. The van der Waals surface area contributed by atoms with E-state index in [-0.39, 0.29) is 11.5 Å². The minimum Gasteiger partial charge on any atom is -0.478 e. The van der Waals surface area contributed by atoms with Gasteiger partial charge >= 0.3 is 5.97 Å². The normalized spacial score (nSPS) is 13.5. The molecule has 1 aliphatic carbocycles. The maximum absolute atomic E-state index is 12.4. The summed E-state index contributed by atoms with van der Waals surface area (Å²) >= 11 is 1.41. The first-order chi connectivity index (χ1) is 10.6. The molecule has 0 spiro atoms. The zero-order valence-electron chi connectivity index (χ0n) is 12.3. The van der Waals surface area contributed by atoms with Gasteiger partial charge in [0.15, 0.2) is 0 Å². The topological polar surface area (TPSA) is 66.4 Å². The van der Waals surface area contributed by atoms with Crippen molar-refractivity contribution in [2.24, 2.45) is 0 Å². The smallest absolute Gasteiger partial charge is 0.339 e. The highest BCUT2D eigenvalue weighted by molar-refractivity contribution is 7.17. The molecule has 2 N–H and O–H groups in total. The number of fused-ring (bicyclic) bond motifs is 1. The van der Waals surface area contributed by atoms with Gasteiger partial charge in [-0.15, -0.1) is 11.3 Å². The lowest BCUT2D eigenvalue weighted by molar-refractivity contribution is 0.0697. The summed E-state index contributed by atoms with van der Waals surface area (Å²) in [5.74, 6) is -1.21. The van der Waals surface area contributed by atoms with E-state index in [1.54, 1.807) is 12.1 Å². The summed E-state index contributed by atoms with van der Waals surface area (Å²) in [7, 11) is 0. The van der Waals surface area contributed by atoms with Crippen molar-refractivity contribution in [1.82, 2.24) is 0 Å². The second kappa shape index (κ2) is 5.93. The number of anilines is 1. The Kier molecular flexibility index (Phi) is 3.98. The Morgan fingerprint density at radius 2 is 1.91 bits per heavy atom. The highest BCUT2D eigenvalue weighted by Gasteiger charge is 2.26. The van der Waals surface area contributed by atoms with Crippen molar-refractivity contribution in [3.8, 4) is 0 Å². The molecule has 3 rings (SSSR count). The predicted molar refractivity (Wildman–Crippen MR) is 87.1 cm³/mol. The Balaban J connectivity index is 1.95. The van der Waals surface area contributed by atoms with Crippen LogP contribution in [-0.2, 0) is 12.8 Å². The second-order valence-corrected chi connectivity index (χ2v) is 6.59. The molecule has 0 bridgehead atoms. The van der Waals surface area contributed by atoms with E-state index in [1.165, 1.54) is 11.3 Å². The first kappa shape index (κ1) is 14.8. The fraction of sp³-hybridized carbons (Fsp3) is 0.294. The van der Waals surface area contributed by atoms with Gasteiger partial charge in [0, 0.05) is 10.4 Å². The monoisotopic (exact) mass is 315 g/mol. The van der Waals surface area contributed by atoms with Crippen LogP contribution in [0.4, 0.5) is 5.00 Å². The molecule has 1 aromatic heterocycles. The molecule has 1 aliphatic rings. The van der Waals surface area contributed by atoms with Gasteiger partial charge in [0.1, 0.15) is 5.00 Å². The van der Waals surface area contributed by atoms with Crippen LogP contribution in [0.25, 0.3) is 0 Å². The van der Waals surface area contributed by atoms with Gasteiger partial charge in [0.2, 0.25) is 0 Å². The van der Waals surface area contributed by atoms with E-state index in [4.69, 9.17) is 0 Å². The van der Waals surface area contributed by atoms with Crippen LogP contribution in [0.2, 0.25) is 0 Å². The maximum atomic E-state index is 12.4. The van der Waals surface area contributed by atoms with E-state index in [9.17, 15) is 14.7 Å². The molecule has 1 amide bonds. The van der Waals surface area contributed by atoms with Gasteiger partial charge in [-0.3, -0.25) is 4.79 Å². The van der Waals surface area contributed by atoms with Gasteiger partial charge in [-0.25, -0.2) is 4.79 Å². The summed E-state index contributed by atoms with van der Waals surface area (Å²) in [6.45, 7) is 1.87. The number of amides is 1. The molecule has 1 heterocycles. The number of aryl methyl sites for hydroxylation is 2. The van der Waals surface area contributed by atoms with E-state index in [0.717, 1.165) is 41.7 Å².